The lowest BCUT2D eigenvalue weighted by Crippen LogP contribution is -2.07. The number of carbonyl (C=O) groups excluding carboxylic acids is 1. The van der Waals surface area contributed by atoms with Crippen molar-refractivity contribution in [3.8, 4) is 5.75 Å². The highest BCUT2D eigenvalue weighted by molar-refractivity contribution is 8.01. The van der Waals surface area contributed by atoms with Gasteiger partial charge >= 0.3 is 0 Å². The van der Waals surface area contributed by atoms with Gasteiger partial charge in [-0.3, -0.25) is 10.1 Å². The Morgan fingerprint density at radius 1 is 1.28 bits per heavy atom. The molecule has 1 aromatic heterocycles. The van der Waals surface area contributed by atoms with Gasteiger partial charge in [0.15, 0.2) is 4.34 Å². The lowest BCUT2D eigenvalue weighted by atomic mass is 10.2. The van der Waals surface area contributed by atoms with Gasteiger partial charge in [-0.15, -0.1) is 10.2 Å². The van der Waals surface area contributed by atoms with Gasteiger partial charge in [0.25, 0.3) is 0 Å². The highest BCUT2D eigenvalue weighted by Crippen LogP contribution is 2.26. The van der Waals surface area contributed by atoms with Crippen LogP contribution in [0, 0.1) is 0 Å². The van der Waals surface area contributed by atoms with E-state index in [0.717, 1.165) is 40.7 Å². The molecule has 25 heavy (non-hydrogen) atoms. The third-order valence-corrected chi connectivity index (χ3v) is 5.33. The van der Waals surface area contributed by atoms with Crippen LogP contribution < -0.4 is 10.1 Å². The number of nitrogens with zero attached hydrogens (tertiary/aromatic N) is 2. The summed E-state index contributed by atoms with van der Waals surface area (Å²) in [5.41, 5.74) is 0.880. The first-order valence-corrected chi connectivity index (χ1v) is 10.2. The maximum atomic E-state index is 12.1. The number of nitrogens with one attached hydrogen (secondary N) is 1. The van der Waals surface area contributed by atoms with E-state index in [1.165, 1.54) is 17.4 Å². The maximum Gasteiger partial charge on any atom is 0.250 e. The molecule has 1 N–H and O–H groups in total. The van der Waals surface area contributed by atoms with Crippen molar-refractivity contribution < 1.29 is 9.53 Å². The Morgan fingerprint density at radius 2 is 2.12 bits per heavy atom. The van der Waals surface area contributed by atoms with Gasteiger partial charge in [-0.05, 0) is 25.0 Å². The Kier molecular flexibility index (Phi) is 8.48. The van der Waals surface area contributed by atoms with E-state index >= 15 is 0 Å². The predicted octanol–water partition coefficient (Wildman–Crippen LogP) is 4.87. The number of aromatic nitrogens is 2. The van der Waals surface area contributed by atoms with Crippen LogP contribution in [0.2, 0.25) is 0 Å². The molecule has 5 nitrogen and oxygen atoms in total. The number of rotatable bonds is 10. The quantitative estimate of drug-likeness (QED) is 0.277. The molecule has 2 rings (SSSR count). The second-order valence-electron chi connectivity index (χ2n) is 5.28. The first kappa shape index (κ1) is 19.5. The molecule has 0 atom stereocenters. The Balaban J connectivity index is 1.92. The highest BCUT2D eigenvalue weighted by atomic mass is 32.2. The summed E-state index contributed by atoms with van der Waals surface area (Å²) in [6.45, 7) is 4.92. The molecule has 1 aromatic carbocycles. The molecular weight excluding hydrogens is 354 g/mol. The molecule has 0 spiro atoms. The molecule has 0 unspecified atom stereocenters. The molecule has 0 saturated carbocycles. The van der Waals surface area contributed by atoms with Gasteiger partial charge in [-0.1, -0.05) is 61.6 Å². The Hall–Kier alpha value is -1.86. The zero-order valence-electron chi connectivity index (χ0n) is 14.5. The second kappa shape index (κ2) is 10.9. The lowest BCUT2D eigenvalue weighted by molar-refractivity contribution is -0.111. The highest BCUT2D eigenvalue weighted by Gasteiger charge is 2.07. The summed E-state index contributed by atoms with van der Waals surface area (Å²) < 4.78 is 6.63. The minimum absolute atomic E-state index is 0.230. The van der Waals surface area contributed by atoms with Crippen molar-refractivity contribution in [1.82, 2.24) is 10.2 Å². The van der Waals surface area contributed by atoms with Crippen LogP contribution >= 0.6 is 23.1 Å². The lowest BCUT2D eigenvalue weighted by Gasteiger charge is -2.08. The molecule has 0 fully saturated rings. The monoisotopic (exact) mass is 377 g/mol. The van der Waals surface area contributed by atoms with Crippen LogP contribution in [0.5, 0.6) is 5.75 Å². The molecule has 0 saturated heterocycles. The number of amides is 1. The Bertz CT molecular complexity index is 701. The van der Waals surface area contributed by atoms with Crippen LogP contribution in [0.1, 0.15) is 38.7 Å². The van der Waals surface area contributed by atoms with Crippen molar-refractivity contribution in [3.63, 3.8) is 0 Å². The first-order chi connectivity index (χ1) is 12.2. The van der Waals surface area contributed by atoms with Crippen LogP contribution in [-0.4, -0.2) is 28.5 Å². The average molecular weight is 378 g/mol. The van der Waals surface area contributed by atoms with E-state index in [4.69, 9.17) is 4.74 Å². The van der Waals surface area contributed by atoms with Gasteiger partial charge in [0, 0.05) is 17.4 Å². The van der Waals surface area contributed by atoms with E-state index in [1.54, 1.807) is 17.8 Å². The fourth-order valence-corrected chi connectivity index (χ4v) is 3.58. The van der Waals surface area contributed by atoms with Crippen molar-refractivity contribution >= 4 is 40.2 Å². The van der Waals surface area contributed by atoms with E-state index in [0.29, 0.717) is 11.7 Å². The smallest absolute Gasteiger partial charge is 0.250 e. The van der Waals surface area contributed by atoms with Gasteiger partial charge in [0.1, 0.15) is 5.75 Å². The van der Waals surface area contributed by atoms with Crippen LogP contribution in [-0.2, 0) is 4.79 Å². The number of hydrogen-bond acceptors (Lipinski definition) is 6. The summed E-state index contributed by atoms with van der Waals surface area (Å²) >= 11 is 3.04. The summed E-state index contributed by atoms with van der Waals surface area (Å²) in [5.74, 6) is 1.55. The van der Waals surface area contributed by atoms with Gasteiger partial charge in [-0.25, -0.2) is 0 Å². The van der Waals surface area contributed by atoms with Crippen molar-refractivity contribution in [2.45, 2.75) is 37.4 Å². The zero-order chi connectivity index (χ0) is 17.9. The minimum Gasteiger partial charge on any atom is -0.493 e. The van der Waals surface area contributed by atoms with E-state index in [2.05, 4.69) is 29.4 Å². The van der Waals surface area contributed by atoms with Crippen LogP contribution in [0.4, 0.5) is 5.13 Å². The number of ether oxygens (including phenoxy) is 1. The maximum absolute atomic E-state index is 12.1. The van der Waals surface area contributed by atoms with Gasteiger partial charge in [0.05, 0.1) is 6.61 Å². The fraction of sp³-hybridized carbons (Fsp3) is 0.389. The van der Waals surface area contributed by atoms with Crippen molar-refractivity contribution in [1.29, 1.82) is 0 Å². The molecule has 0 bridgehead atoms. The van der Waals surface area contributed by atoms with Gasteiger partial charge in [0.2, 0.25) is 11.0 Å². The Morgan fingerprint density at radius 3 is 2.92 bits per heavy atom. The third-order valence-electron chi connectivity index (χ3n) is 3.15. The summed E-state index contributed by atoms with van der Waals surface area (Å²) in [7, 11) is 0. The molecule has 1 heterocycles. The SMILES string of the molecule is CCCCOc1ccccc1/C=C/C(=O)Nc1nnc(SCCC)s1. The van der Waals surface area contributed by atoms with Gasteiger partial charge < -0.3 is 4.74 Å². The van der Waals surface area contributed by atoms with Crippen molar-refractivity contribution in [2.75, 3.05) is 17.7 Å². The van der Waals surface area contributed by atoms with E-state index in [1.807, 2.05) is 24.3 Å². The normalized spacial score (nSPS) is 11.0. The Labute approximate surface area is 156 Å². The standard InChI is InChI=1S/C18H23N3O2S2/c1-3-5-12-23-15-9-7-6-8-14(15)10-11-16(22)19-17-20-21-18(25-17)24-13-4-2/h6-11H,3-5,12-13H2,1-2H3,(H,19,20,22)/b11-10+. The fourth-order valence-electron chi connectivity index (χ4n) is 1.90. The van der Waals surface area contributed by atoms with Crippen LogP contribution in [0.25, 0.3) is 6.08 Å². The summed E-state index contributed by atoms with van der Waals surface area (Å²) in [4.78, 5) is 12.1. The molecular formula is C18H23N3O2S2. The topological polar surface area (TPSA) is 64.1 Å². The largest absolute Gasteiger partial charge is 0.493 e. The van der Waals surface area contributed by atoms with Crippen LogP contribution in [0.15, 0.2) is 34.7 Å². The van der Waals surface area contributed by atoms with Crippen molar-refractivity contribution in [2.24, 2.45) is 0 Å². The van der Waals surface area contributed by atoms with E-state index < -0.39 is 0 Å². The minimum atomic E-state index is -0.230. The predicted molar refractivity (Wildman–Crippen MR) is 105 cm³/mol. The number of thioether (sulfide) groups is 1. The molecule has 0 aliphatic rings. The summed E-state index contributed by atoms with van der Waals surface area (Å²) in [5, 5.41) is 11.3. The van der Waals surface area contributed by atoms with E-state index in [-0.39, 0.29) is 5.91 Å². The molecule has 0 aliphatic heterocycles. The molecule has 134 valence electrons. The second-order valence-corrected chi connectivity index (χ2v) is 7.60. The molecule has 2 aromatic rings. The summed E-state index contributed by atoms with van der Waals surface area (Å²) in [6, 6.07) is 7.69. The molecule has 1 amide bonds. The molecule has 7 heteroatoms. The number of para-hydroxylation sites is 1. The average Bonchev–Trinajstić information content (AvgIpc) is 3.06. The number of unbranched alkanes of at least 4 members (excludes halogenated alkanes) is 1. The summed E-state index contributed by atoms with van der Waals surface area (Å²) in [6.07, 6.45) is 6.41. The molecule has 0 radical (unpaired) electrons. The van der Waals surface area contributed by atoms with Crippen LogP contribution in [0.3, 0.4) is 0 Å². The molecule has 0 aliphatic carbocycles. The number of anilines is 1. The number of carbonyl (C=O) groups is 1. The third kappa shape index (κ3) is 6.88. The van der Waals surface area contributed by atoms with E-state index in [9.17, 15) is 4.79 Å². The number of hydrogen-bond donors (Lipinski definition) is 1. The van der Waals surface area contributed by atoms with Crippen molar-refractivity contribution in [3.05, 3.63) is 35.9 Å². The first-order valence-electron chi connectivity index (χ1n) is 8.40. The van der Waals surface area contributed by atoms with Gasteiger partial charge in [-0.2, -0.15) is 0 Å². The number of benzene rings is 1. The zero-order valence-corrected chi connectivity index (χ0v) is 16.2.